The number of ether oxygens (including phenoxy) is 1. The van der Waals surface area contributed by atoms with E-state index < -0.39 is 0 Å². The predicted molar refractivity (Wildman–Crippen MR) is 66.8 cm³/mol. The van der Waals surface area contributed by atoms with Gasteiger partial charge in [-0.2, -0.15) is 0 Å². The van der Waals surface area contributed by atoms with Crippen molar-refractivity contribution in [1.29, 1.82) is 0 Å². The van der Waals surface area contributed by atoms with Gasteiger partial charge in [0.1, 0.15) is 29.8 Å². The van der Waals surface area contributed by atoms with Crippen LogP contribution in [0.5, 0.6) is 5.75 Å². The first-order valence-electron chi connectivity index (χ1n) is 5.73. The number of fused-ring (bicyclic) bond motifs is 1. The summed E-state index contributed by atoms with van der Waals surface area (Å²) in [5.74, 6) is 0.506. The fourth-order valence-electron chi connectivity index (χ4n) is 1.79. The zero-order chi connectivity index (χ0) is 13.2. The van der Waals surface area contributed by atoms with Crippen LogP contribution in [-0.4, -0.2) is 9.97 Å². The van der Waals surface area contributed by atoms with Gasteiger partial charge in [0.2, 0.25) is 0 Å². The topological polar surface area (TPSA) is 37.9 Å². The third kappa shape index (κ3) is 2.54. The van der Waals surface area contributed by atoms with E-state index in [4.69, 9.17) is 4.74 Å². The van der Waals surface area contributed by atoms with Crippen LogP contribution in [0.2, 0.25) is 0 Å². The Labute approximate surface area is 107 Å². The number of hydrogen-bond acceptors (Lipinski definition) is 2. The monoisotopic (exact) mass is 260 g/mol. The minimum absolute atomic E-state index is 0.210. The van der Waals surface area contributed by atoms with Gasteiger partial charge in [-0.3, -0.25) is 0 Å². The second-order valence-electron chi connectivity index (χ2n) is 4.09. The number of imidazole rings is 1. The summed E-state index contributed by atoms with van der Waals surface area (Å²) in [7, 11) is 0. The zero-order valence-electron chi connectivity index (χ0n) is 9.86. The van der Waals surface area contributed by atoms with Crippen LogP contribution >= 0.6 is 0 Å². The standard InChI is InChI=1S/C14H10F2N2O/c15-9-1-4-11(5-2-9)19-8-14-17-12-6-3-10(16)7-13(12)18-14/h1-7H,8H2,(H,17,18). The van der Waals surface area contributed by atoms with Gasteiger partial charge in [-0.05, 0) is 42.5 Å². The zero-order valence-corrected chi connectivity index (χ0v) is 9.86. The Hall–Kier alpha value is -2.43. The van der Waals surface area contributed by atoms with Crippen molar-refractivity contribution in [3.8, 4) is 5.75 Å². The number of H-pyrrole nitrogens is 1. The molecule has 0 bridgehead atoms. The number of nitrogens with zero attached hydrogens (tertiary/aromatic N) is 1. The third-order valence-corrected chi connectivity index (χ3v) is 2.68. The molecule has 19 heavy (non-hydrogen) atoms. The lowest BCUT2D eigenvalue weighted by Gasteiger charge is -2.03. The van der Waals surface area contributed by atoms with Crippen molar-refractivity contribution in [2.24, 2.45) is 0 Å². The van der Waals surface area contributed by atoms with E-state index in [2.05, 4.69) is 9.97 Å². The fraction of sp³-hybridized carbons (Fsp3) is 0.0714. The Morgan fingerprint density at radius 1 is 1.00 bits per heavy atom. The fourth-order valence-corrected chi connectivity index (χ4v) is 1.79. The summed E-state index contributed by atoms with van der Waals surface area (Å²) in [6.45, 7) is 0.210. The van der Waals surface area contributed by atoms with E-state index in [0.717, 1.165) is 0 Å². The van der Waals surface area contributed by atoms with Crippen molar-refractivity contribution in [1.82, 2.24) is 9.97 Å². The molecule has 2 aromatic carbocycles. The molecule has 96 valence electrons. The molecule has 5 heteroatoms. The molecule has 0 atom stereocenters. The van der Waals surface area contributed by atoms with E-state index in [1.807, 2.05) is 0 Å². The Kier molecular flexibility index (Phi) is 2.87. The molecule has 0 fully saturated rings. The van der Waals surface area contributed by atoms with Crippen LogP contribution in [0.15, 0.2) is 42.5 Å². The maximum Gasteiger partial charge on any atom is 0.146 e. The van der Waals surface area contributed by atoms with Gasteiger partial charge >= 0.3 is 0 Å². The van der Waals surface area contributed by atoms with E-state index in [1.54, 1.807) is 6.07 Å². The Morgan fingerprint density at radius 3 is 2.53 bits per heavy atom. The van der Waals surface area contributed by atoms with Gasteiger partial charge in [0.05, 0.1) is 11.0 Å². The first-order valence-corrected chi connectivity index (χ1v) is 5.73. The molecule has 0 saturated heterocycles. The van der Waals surface area contributed by atoms with Crippen molar-refractivity contribution >= 4 is 11.0 Å². The van der Waals surface area contributed by atoms with Crippen LogP contribution in [0.1, 0.15) is 5.82 Å². The van der Waals surface area contributed by atoms with Crippen molar-refractivity contribution < 1.29 is 13.5 Å². The molecule has 1 N–H and O–H groups in total. The maximum absolute atomic E-state index is 13.0. The normalized spacial score (nSPS) is 10.8. The molecular weight excluding hydrogens is 250 g/mol. The second kappa shape index (κ2) is 4.68. The SMILES string of the molecule is Fc1ccc(OCc2nc3ccc(F)cc3[nH]2)cc1. The van der Waals surface area contributed by atoms with Crippen molar-refractivity contribution in [2.75, 3.05) is 0 Å². The highest BCUT2D eigenvalue weighted by Gasteiger charge is 2.04. The van der Waals surface area contributed by atoms with Crippen molar-refractivity contribution in [2.45, 2.75) is 6.61 Å². The van der Waals surface area contributed by atoms with Gasteiger partial charge < -0.3 is 9.72 Å². The van der Waals surface area contributed by atoms with Gasteiger partial charge in [0, 0.05) is 0 Å². The van der Waals surface area contributed by atoms with Crippen LogP contribution in [0.4, 0.5) is 8.78 Å². The lowest BCUT2D eigenvalue weighted by molar-refractivity contribution is 0.297. The molecule has 0 unspecified atom stereocenters. The van der Waals surface area contributed by atoms with Crippen LogP contribution in [0, 0.1) is 11.6 Å². The molecule has 0 saturated carbocycles. The number of rotatable bonds is 3. The average Bonchev–Trinajstić information content (AvgIpc) is 2.80. The van der Waals surface area contributed by atoms with Gasteiger partial charge in [0.25, 0.3) is 0 Å². The highest BCUT2D eigenvalue weighted by molar-refractivity contribution is 5.74. The lowest BCUT2D eigenvalue weighted by atomic mass is 10.3. The molecule has 0 aliphatic rings. The molecule has 1 heterocycles. The highest BCUT2D eigenvalue weighted by atomic mass is 19.1. The average molecular weight is 260 g/mol. The van der Waals surface area contributed by atoms with Gasteiger partial charge in [-0.1, -0.05) is 0 Å². The molecule has 0 amide bonds. The number of nitrogens with one attached hydrogen (secondary N) is 1. The summed E-state index contributed by atoms with van der Waals surface area (Å²) in [4.78, 5) is 7.23. The van der Waals surface area contributed by atoms with E-state index >= 15 is 0 Å². The van der Waals surface area contributed by atoms with Crippen LogP contribution in [0.25, 0.3) is 11.0 Å². The second-order valence-corrected chi connectivity index (χ2v) is 4.09. The van der Waals surface area contributed by atoms with Gasteiger partial charge in [0.15, 0.2) is 0 Å². The number of halogens is 2. The highest BCUT2D eigenvalue weighted by Crippen LogP contribution is 2.16. The van der Waals surface area contributed by atoms with Crippen molar-refractivity contribution in [3.63, 3.8) is 0 Å². The summed E-state index contributed by atoms with van der Waals surface area (Å²) in [6, 6.07) is 10.1. The molecule has 0 radical (unpaired) electrons. The molecule has 1 aromatic heterocycles. The molecule has 0 spiro atoms. The first kappa shape index (κ1) is 11.6. The van der Waals surface area contributed by atoms with Gasteiger partial charge in [-0.25, -0.2) is 13.8 Å². The number of hydrogen-bond donors (Lipinski definition) is 1. The Balaban J connectivity index is 1.76. The summed E-state index contributed by atoms with van der Waals surface area (Å²) in [6.07, 6.45) is 0. The summed E-state index contributed by atoms with van der Waals surface area (Å²) < 4.78 is 31.2. The smallest absolute Gasteiger partial charge is 0.146 e. The summed E-state index contributed by atoms with van der Waals surface area (Å²) in [5.41, 5.74) is 1.30. The summed E-state index contributed by atoms with van der Waals surface area (Å²) >= 11 is 0. The largest absolute Gasteiger partial charge is 0.486 e. The molecule has 3 rings (SSSR count). The Morgan fingerprint density at radius 2 is 1.74 bits per heavy atom. The third-order valence-electron chi connectivity index (χ3n) is 2.68. The maximum atomic E-state index is 13.0. The molecule has 3 nitrogen and oxygen atoms in total. The van der Waals surface area contributed by atoms with E-state index in [1.165, 1.54) is 36.4 Å². The molecular formula is C14H10F2N2O. The minimum Gasteiger partial charge on any atom is -0.486 e. The Bertz CT molecular complexity index is 707. The van der Waals surface area contributed by atoms with Crippen molar-refractivity contribution in [3.05, 3.63) is 59.9 Å². The molecule has 3 aromatic rings. The van der Waals surface area contributed by atoms with Crippen LogP contribution in [0.3, 0.4) is 0 Å². The van der Waals surface area contributed by atoms with Gasteiger partial charge in [-0.15, -0.1) is 0 Å². The van der Waals surface area contributed by atoms with Crippen LogP contribution < -0.4 is 4.74 Å². The molecule has 0 aliphatic heterocycles. The van der Waals surface area contributed by atoms with Crippen LogP contribution in [-0.2, 0) is 6.61 Å². The minimum atomic E-state index is -0.317. The molecule has 0 aliphatic carbocycles. The number of aromatic nitrogens is 2. The number of benzene rings is 2. The first-order chi connectivity index (χ1) is 9.20. The lowest BCUT2D eigenvalue weighted by Crippen LogP contribution is -1.97. The summed E-state index contributed by atoms with van der Waals surface area (Å²) in [5, 5.41) is 0. The van der Waals surface area contributed by atoms with E-state index in [0.29, 0.717) is 22.6 Å². The predicted octanol–water partition coefficient (Wildman–Crippen LogP) is 3.42. The van der Waals surface area contributed by atoms with E-state index in [-0.39, 0.29) is 18.2 Å². The van der Waals surface area contributed by atoms with E-state index in [9.17, 15) is 8.78 Å². The number of aromatic amines is 1. The quantitative estimate of drug-likeness (QED) is 0.783.